The number of esters is 1. The summed E-state index contributed by atoms with van der Waals surface area (Å²) >= 11 is 0. The molecule has 0 aromatic heterocycles. The minimum atomic E-state index is -0.416. The van der Waals surface area contributed by atoms with Crippen LogP contribution < -0.4 is 5.32 Å². The van der Waals surface area contributed by atoms with Crippen molar-refractivity contribution in [2.45, 2.75) is 43.7 Å². The van der Waals surface area contributed by atoms with Gasteiger partial charge in [-0.1, -0.05) is 0 Å². The zero-order valence-electron chi connectivity index (χ0n) is 10.3. The van der Waals surface area contributed by atoms with Crippen molar-refractivity contribution in [3.8, 4) is 0 Å². The maximum absolute atomic E-state index is 12.0. The Morgan fingerprint density at radius 3 is 2.75 bits per heavy atom. The van der Waals surface area contributed by atoms with E-state index >= 15 is 0 Å². The maximum Gasteiger partial charge on any atom is 0.326 e. The van der Waals surface area contributed by atoms with Crippen LogP contribution in [0.5, 0.6) is 0 Å². The molecule has 2 fully saturated rings. The number of nitrogens with zero attached hydrogens (tertiary/aromatic N) is 1. The van der Waals surface area contributed by atoms with Crippen LogP contribution in [0.1, 0.15) is 32.1 Å². The molecule has 0 aromatic rings. The Morgan fingerprint density at radius 1 is 1.38 bits per heavy atom. The van der Waals surface area contributed by atoms with Crippen molar-refractivity contribution in [3.63, 3.8) is 0 Å². The quantitative estimate of drug-likeness (QED) is 0.722. The molecule has 2 rings (SSSR count). The third-order valence-corrected chi connectivity index (χ3v) is 3.70. The number of ether oxygens (including phenoxy) is 1. The van der Waals surface area contributed by atoms with Crippen LogP contribution in [-0.2, 0) is 9.53 Å². The number of carbonyl (C=O) groups excluding carboxylic acids is 1. The molecule has 1 aliphatic heterocycles. The fourth-order valence-corrected chi connectivity index (χ4v) is 2.49. The predicted octanol–water partition coefficient (Wildman–Crippen LogP) is 0.766. The standard InChI is InChI=1S/C12H22N2O2/c1-14-8-3-6-12(7-9-14,11(15)16-2)13-10-4-5-10/h10,13H,3-9H2,1-2H3. The average molecular weight is 226 g/mol. The second-order valence-electron chi connectivity index (χ2n) is 5.15. The lowest BCUT2D eigenvalue weighted by atomic mass is 9.90. The Labute approximate surface area is 97.3 Å². The first-order valence-electron chi connectivity index (χ1n) is 6.21. The summed E-state index contributed by atoms with van der Waals surface area (Å²) in [6.07, 6.45) is 5.24. The van der Waals surface area contributed by atoms with Gasteiger partial charge in [0.15, 0.2) is 0 Å². The van der Waals surface area contributed by atoms with E-state index in [4.69, 9.17) is 4.74 Å². The number of hydrogen-bond donors (Lipinski definition) is 1. The molecule has 0 aromatic carbocycles. The summed E-state index contributed by atoms with van der Waals surface area (Å²) in [4.78, 5) is 14.3. The van der Waals surface area contributed by atoms with Gasteiger partial charge < -0.3 is 9.64 Å². The highest BCUT2D eigenvalue weighted by molar-refractivity contribution is 5.81. The highest BCUT2D eigenvalue weighted by atomic mass is 16.5. The number of rotatable bonds is 3. The Balaban J connectivity index is 2.08. The molecular weight excluding hydrogens is 204 g/mol. The van der Waals surface area contributed by atoms with E-state index in [0.717, 1.165) is 32.4 Å². The van der Waals surface area contributed by atoms with E-state index in [1.165, 1.54) is 20.0 Å². The van der Waals surface area contributed by atoms with Crippen LogP contribution in [-0.4, -0.2) is 49.7 Å². The summed E-state index contributed by atoms with van der Waals surface area (Å²) in [5.41, 5.74) is -0.416. The third-order valence-electron chi connectivity index (χ3n) is 3.70. The average Bonchev–Trinajstić information content (AvgIpc) is 3.08. The summed E-state index contributed by atoms with van der Waals surface area (Å²) in [5.74, 6) is -0.0744. The SMILES string of the molecule is COC(=O)C1(NC2CC2)CCCN(C)CC1. The van der Waals surface area contributed by atoms with E-state index < -0.39 is 5.54 Å². The molecule has 1 aliphatic carbocycles. The minimum Gasteiger partial charge on any atom is -0.468 e. The topological polar surface area (TPSA) is 41.6 Å². The molecule has 0 bridgehead atoms. The van der Waals surface area contributed by atoms with E-state index in [1.54, 1.807) is 0 Å². The maximum atomic E-state index is 12.0. The van der Waals surface area contributed by atoms with Crippen molar-refractivity contribution in [2.75, 3.05) is 27.2 Å². The molecule has 1 N–H and O–H groups in total. The normalized spacial score (nSPS) is 32.1. The Morgan fingerprint density at radius 2 is 2.12 bits per heavy atom. The first-order valence-corrected chi connectivity index (χ1v) is 6.21. The summed E-state index contributed by atoms with van der Waals surface area (Å²) in [6.45, 7) is 2.04. The molecule has 16 heavy (non-hydrogen) atoms. The van der Waals surface area contributed by atoms with Crippen LogP contribution in [0.3, 0.4) is 0 Å². The molecule has 0 spiro atoms. The summed E-state index contributed by atoms with van der Waals surface area (Å²) in [5, 5.41) is 3.52. The number of likely N-dealkylation sites (tertiary alicyclic amines) is 1. The third kappa shape index (κ3) is 2.55. The van der Waals surface area contributed by atoms with Gasteiger partial charge in [-0.3, -0.25) is 10.1 Å². The molecule has 1 unspecified atom stereocenters. The van der Waals surface area contributed by atoms with E-state index in [9.17, 15) is 4.79 Å². The number of nitrogens with one attached hydrogen (secondary N) is 1. The molecule has 1 heterocycles. The van der Waals surface area contributed by atoms with Gasteiger partial charge in [-0.05, 0) is 45.7 Å². The molecular formula is C12H22N2O2. The smallest absolute Gasteiger partial charge is 0.326 e. The summed E-state index contributed by atoms with van der Waals surface area (Å²) < 4.78 is 4.99. The lowest BCUT2D eigenvalue weighted by Gasteiger charge is -2.31. The molecule has 2 aliphatic rings. The highest BCUT2D eigenvalue weighted by Gasteiger charge is 2.43. The van der Waals surface area contributed by atoms with Crippen LogP contribution in [0, 0.1) is 0 Å². The highest BCUT2D eigenvalue weighted by Crippen LogP contribution is 2.29. The Hall–Kier alpha value is -0.610. The fourth-order valence-electron chi connectivity index (χ4n) is 2.49. The zero-order valence-corrected chi connectivity index (χ0v) is 10.3. The van der Waals surface area contributed by atoms with Gasteiger partial charge >= 0.3 is 5.97 Å². The second kappa shape index (κ2) is 4.72. The van der Waals surface area contributed by atoms with Gasteiger partial charge in [0.1, 0.15) is 5.54 Å². The molecule has 1 atom stereocenters. The van der Waals surface area contributed by atoms with E-state index in [1.807, 2.05) is 0 Å². The van der Waals surface area contributed by atoms with Crippen LogP contribution in [0.25, 0.3) is 0 Å². The summed E-state index contributed by atoms with van der Waals surface area (Å²) in [6, 6.07) is 0.544. The van der Waals surface area contributed by atoms with Gasteiger partial charge in [0.2, 0.25) is 0 Å². The molecule has 1 saturated carbocycles. The molecule has 0 radical (unpaired) electrons. The number of methoxy groups -OCH3 is 1. The lowest BCUT2D eigenvalue weighted by molar-refractivity contribution is -0.149. The predicted molar refractivity (Wildman–Crippen MR) is 62.3 cm³/mol. The van der Waals surface area contributed by atoms with Gasteiger partial charge in [0, 0.05) is 12.6 Å². The Kier molecular flexibility index (Phi) is 3.50. The van der Waals surface area contributed by atoms with Gasteiger partial charge in [-0.25, -0.2) is 0 Å². The van der Waals surface area contributed by atoms with E-state index in [0.29, 0.717) is 6.04 Å². The van der Waals surface area contributed by atoms with Crippen molar-refractivity contribution in [1.29, 1.82) is 0 Å². The monoisotopic (exact) mass is 226 g/mol. The number of hydrogen-bond acceptors (Lipinski definition) is 4. The van der Waals surface area contributed by atoms with Gasteiger partial charge in [0.05, 0.1) is 7.11 Å². The van der Waals surface area contributed by atoms with Crippen molar-refractivity contribution < 1.29 is 9.53 Å². The largest absolute Gasteiger partial charge is 0.468 e. The van der Waals surface area contributed by atoms with Crippen molar-refractivity contribution in [2.24, 2.45) is 0 Å². The minimum absolute atomic E-state index is 0.0744. The molecule has 4 heteroatoms. The second-order valence-corrected chi connectivity index (χ2v) is 5.15. The van der Waals surface area contributed by atoms with Gasteiger partial charge in [-0.15, -0.1) is 0 Å². The van der Waals surface area contributed by atoms with Crippen molar-refractivity contribution in [1.82, 2.24) is 10.2 Å². The van der Waals surface area contributed by atoms with Crippen LogP contribution in [0.4, 0.5) is 0 Å². The van der Waals surface area contributed by atoms with Crippen molar-refractivity contribution in [3.05, 3.63) is 0 Å². The van der Waals surface area contributed by atoms with Crippen LogP contribution in [0.15, 0.2) is 0 Å². The Bertz CT molecular complexity index is 266. The van der Waals surface area contributed by atoms with E-state index in [2.05, 4.69) is 17.3 Å². The summed E-state index contributed by atoms with van der Waals surface area (Å²) in [7, 11) is 3.61. The molecule has 92 valence electrons. The number of carbonyl (C=O) groups is 1. The fraction of sp³-hybridized carbons (Fsp3) is 0.917. The molecule has 0 amide bonds. The van der Waals surface area contributed by atoms with Gasteiger partial charge in [0.25, 0.3) is 0 Å². The zero-order chi connectivity index (χ0) is 11.6. The van der Waals surface area contributed by atoms with Crippen LogP contribution >= 0.6 is 0 Å². The first kappa shape index (κ1) is 11.9. The molecule has 4 nitrogen and oxygen atoms in total. The van der Waals surface area contributed by atoms with Crippen molar-refractivity contribution >= 4 is 5.97 Å². The van der Waals surface area contributed by atoms with E-state index in [-0.39, 0.29) is 5.97 Å². The first-order chi connectivity index (χ1) is 7.66. The molecule has 1 saturated heterocycles. The van der Waals surface area contributed by atoms with Gasteiger partial charge in [-0.2, -0.15) is 0 Å². The lowest BCUT2D eigenvalue weighted by Crippen LogP contribution is -2.54. The van der Waals surface area contributed by atoms with Crippen LogP contribution in [0.2, 0.25) is 0 Å².